The maximum Gasteiger partial charge on any atom is 0.613 e. The molecule has 2 rings (SSSR count). The summed E-state index contributed by atoms with van der Waals surface area (Å²) in [5.74, 6) is -1.05. The number of aromatic nitrogens is 2. The van der Waals surface area contributed by atoms with Crippen molar-refractivity contribution in [1.82, 2.24) is 14.6 Å². The van der Waals surface area contributed by atoms with Crippen LogP contribution in [-0.4, -0.2) is 51.6 Å². The summed E-state index contributed by atoms with van der Waals surface area (Å²) >= 11 is 0. The number of carbonyl (C=O) groups excluding carboxylic acids is 1. The average molecular weight is 418 g/mol. The van der Waals surface area contributed by atoms with Gasteiger partial charge in [-0.1, -0.05) is 12.0 Å². The van der Waals surface area contributed by atoms with Gasteiger partial charge in [-0.25, -0.2) is 4.79 Å². The largest absolute Gasteiger partial charge is 0.613 e. The van der Waals surface area contributed by atoms with Gasteiger partial charge in [0.05, 0.1) is 12.2 Å². The van der Waals surface area contributed by atoms with Gasteiger partial charge in [0.1, 0.15) is 25.0 Å². The minimum Gasteiger partial charge on any atom is -0.462 e. The summed E-state index contributed by atoms with van der Waals surface area (Å²) in [4.78, 5) is 36.9. The van der Waals surface area contributed by atoms with Crippen LogP contribution in [0.5, 0.6) is 0 Å². The van der Waals surface area contributed by atoms with Gasteiger partial charge in [0, 0.05) is 18.2 Å². The van der Waals surface area contributed by atoms with Crippen LogP contribution in [0.4, 0.5) is 0 Å². The van der Waals surface area contributed by atoms with Crippen molar-refractivity contribution >= 4 is 14.1 Å². The molecule has 0 saturated carbocycles. The van der Waals surface area contributed by atoms with Gasteiger partial charge in [0.2, 0.25) is 0 Å². The topological polar surface area (TPSA) is 149 Å². The van der Waals surface area contributed by atoms with E-state index in [1.54, 1.807) is 20.8 Å². The van der Waals surface area contributed by atoms with Gasteiger partial charge in [-0.3, -0.25) is 19.1 Å². The van der Waals surface area contributed by atoms with Crippen molar-refractivity contribution in [3.8, 4) is 0 Å². The fourth-order valence-corrected chi connectivity index (χ4v) is 3.48. The summed E-state index contributed by atoms with van der Waals surface area (Å²) in [6.45, 7) is 6.34. The van der Waals surface area contributed by atoms with Crippen molar-refractivity contribution in [2.24, 2.45) is 5.92 Å². The third kappa shape index (κ3) is 5.55. The smallest absolute Gasteiger partial charge is 0.462 e. The van der Waals surface area contributed by atoms with Gasteiger partial charge in [-0.15, -0.1) is 4.52 Å². The third-order valence-electron chi connectivity index (χ3n) is 4.17. The molecule has 6 unspecified atom stereocenters. The number of carbonyl (C=O) groups is 1. The average Bonchev–Trinajstić information content (AvgIpc) is 2.87. The Morgan fingerprint density at radius 3 is 2.71 bits per heavy atom. The van der Waals surface area contributed by atoms with E-state index in [1.807, 2.05) is 0 Å². The van der Waals surface area contributed by atoms with E-state index in [0.717, 1.165) is 4.57 Å². The van der Waals surface area contributed by atoms with Gasteiger partial charge in [0.15, 0.2) is 0 Å². The number of hydrogen-bond donors (Lipinski definition) is 3. The molecular formula is C16H25N3O8P+. The molecule has 0 radical (unpaired) electrons. The quantitative estimate of drug-likeness (QED) is 0.393. The second kappa shape index (κ2) is 9.53. The Morgan fingerprint density at radius 2 is 2.11 bits per heavy atom. The standard InChI is InChI=1S/C16H24N3O8P/c1-8(2)26-15(22)10(4)18-28(24)25-7-11-13(21)9(3)14(27-11)19-6-5-12(20)17-16(19)23/h5-6,8-11,13-14,21H,7H2,1-4H3,(H-,17,18,20,23,24)/p+1. The third-order valence-corrected chi connectivity index (χ3v) is 5.15. The molecule has 0 aliphatic carbocycles. The first-order valence-electron chi connectivity index (χ1n) is 8.82. The lowest BCUT2D eigenvalue weighted by atomic mass is 10.0. The Kier molecular flexibility index (Phi) is 7.62. The summed E-state index contributed by atoms with van der Waals surface area (Å²) in [5, 5.41) is 12.8. The highest BCUT2D eigenvalue weighted by atomic mass is 31.1. The fourth-order valence-electron chi connectivity index (χ4n) is 2.70. The van der Waals surface area contributed by atoms with E-state index in [0.29, 0.717) is 0 Å². The van der Waals surface area contributed by atoms with E-state index >= 15 is 0 Å². The number of hydrogen-bond acceptors (Lipinski definition) is 8. The molecule has 0 amide bonds. The molecule has 0 bridgehead atoms. The number of H-pyrrole nitrogens is 1. The van der Waals surface area contributed by atoms with Gasteiger partial charge in [-0.05, 0) is 25.3 Å². The number of aromatic amines is 1. The summed E-state index contributed by atoms with van der Waals surface area (Å²) in [5.41, 5.74) is -1.20. The highest BCUT2D eigenvalue weighted by molar-refractivity contribution is 7.36. The molecule has 6 atom stereocenters. The number of esters is 1. The number of nitrogens with zero attached hydrogens (tertiary/aromatic N) is 1. The second-order valence-electron chi connectivity index (χ2n) is 6.82. The predicted molar refractivity (Wildman–Crippen MR) is 97.8 cm³/mol. The van der Waals surface area contributed by atoms with Gasteiger partial charge in [0.25, 0.3) is 5.56 Å². The predicted octanol–water partition coefficient (Wildman–Crippen LogP) is 0.0347. The Balaban J connectivity index is 1.92. The molecule has 0 spiro atoms. The van der Waals surface area contributed by atoms with Crippen LogP contribution in [0.25, 0.3) is 0 Å². The Morgan fingerprint density at radius 1 is 1.43 bits per heavy atom. The molecule has 1 aliphatic rings. The van der Waals surface area contributed by atoms with Crippen molar-refractivity contribution in [2.75, 3.05) is 6.61 Å². The van der Waals surface area contributed by atoms with E-state index < -0.39 is 55.8 Å². The zero-order chi connectivity index (χ0) is 21.0. The van der Waals surface area contributed by atoms with Crippen molar-refractivity contribution in [3.05, 3.63) is 33.1 Å². The minimum atomic E-state index is -2.41. The number of aliphatic hydroxyl groups is 1. The van der Waals surface area contributed by atoms with Crippen LogP contribution in [0.2, 0.25) is 0 Å². The van der Waals surface area contributed by atoms with Crippen LogP contribution in [0, 0.1) is 5.92 Å². The van der Waals surface area contributed by atoms with E-state index in [2.05, 4.69) is 10.1 Å². The lowest BCUT2D eigenvalue weighted by molar-refractivity contribution is -0.149. The SMILES string of the molecule is CC(C)OC(=O)C(C)N[P+](=O)OCC1OC(n2ccc(=O)[nH]c2=O)C(C)C1O. The molecule has 1 fully saturated rings. The lowest BCUT2D eigenvalue weighted by Gasteiger charge is -2.17. The molecule has 28 heavy (non-hydrogen) atoms. The normalized spacial score (nSPS) is 26.3. The zero-order valence-corrected chi connectivity index (χ0v) is 16.9. The fraction of sp³-hybridized carbons (Fsp3) is 0.688. The van der Waals surface area contributed by atoms with E-state index in [1.165, 1.54) is 19.2 Å². The van der Waals surface area contributed by atoms with E-state index in [-0.39, 0.29) is 12.7 Å². The molecule has 1 aliphatic heterocycles. The molecule has 1 saturated heterocycles. The summed E-state index contributed by atoms with van der Waals surface area (Å²) < 4.78 is 29.0. The van der Waals surface area contributed by atoms with Crippen LogP contribution in [0.15, 0.2) is 21.9 Å². The first-order chi connectivity index (χ1) is 13.1. The van der Waals surface area contributed by atoms with Crippen molar-refractivity contribution < 1.29 is 28.5 Å². The molecule has 12 heteroatoms. The summed E-state index contributed by atoms with van der Waals surface area (Å²) in [7, 11) is -2.41. The molecule has 0 aromatic carbocycles. The number of ether oxygens (including phenoxy) is 2. The Labute approximate surface area is 161 Å². The van der Waals surface area contributed by atoms with Gasteiger partial charge >= 0.3 is 19.8 Å². The maximum atomic E-state index is 12.0. The molecule has 11 nitrogen and oxygen atoms in total. The molecule has 156 valence electrons. The molecule has 2 heterocycles. The van der Waals surface area contributed by atoms with Crippen LogP contribution >= 0.6 is 8.18 Å². The van der Waals surface area contributed by atoms with Crippen molar-refractivity contribution in [1.29, 1.82) is 0 Å². The Hall–Kier alpha value is -1.91. The van der Waals surface area contributed by atoms with E-state index in [4.69, 9.17) is 14.0 Å². The van der Waals surface area contributed by atoms with Gasteiger partial charge < -0.3 is 14.6 Å². The summed E-state index contributed by atoms with van der Waals surface area (Å²) in [6.07, 6.45) is -1.68. The first kappa shape index (κ1) is 22.4. The summed E-state index contributed by atoms with van der Waals surface area (Å²) in [6, 6.07) is 0.332. The number of aliphatic hydroxyl groups excluding tert-OH is 1. The highest BCUT2D eigenvalue weighted by Crippen LogP contribution is 2.34. The zero-order valence-electron chi connectivity index (χ0n) is 16.0. The van der Waals surface area contributed by atoms with Crippen LogP contribution in [0.3, 0.4) is 0 Å². The monoisotopic (exact) mass is 418 g/mol. The van der Waals surface area contributed by atoms with Gasteiger partial charge in [-0.2, -0.15) is 0 Å². The maximum absolute atomic E-state index is 12.0. The van der Waals surface area contributed by atoms with Crippen molar-refractivity contribution in [3.63, 3.8) is 0 Å². The van der Waals surface area contributed by atoms with Crippen molar-refractivity contribution in [2.45, 2.75) is 58.3 Å². The number of nitrogens with one attached hydrogen (secondary N) is 2. The molecular weight excluding hydrogens is 393 g/mol. The Bertz CT molecular complexity index is 823. The second-order valence-corrected chi connectivity index (χ2v) is 7.85. The molecule has 1 aromatic rings. The lowest BCUT2D eigenvalue weighted by Crippen LogP contribution is -2.34. The number of rotatable bonds is 8. The van der Waals surface area contributed by atoms with Crippen LogP contribution in [0.1, 0.15) is 33.9 Å². The van der Waals surface area contributed by atoms with E-state index in [9.17, 15) is 24.1 Å². The minimum absolute atomic E-state index is 0.228. The molecule has 1 aromatic heterocycles. The van der Waals surface area contributed by atoms with Crippen LogP contribution in [-0.2, 0) is 23.4 Å². The highest BCUT2D eigenvalue weighted by Gasteiger charge is 2.44. The van der Waals surface area contributed by atoms with Crippen LogP contribution < -0.4 is 16.3 Å². The first-order valence-corrected chi connectivity index (χ1v) is 9.99. The molecule has 3 N–H and O–H groups in total.